The average Bonchev–Trinajstić information content (AvgIpc) is 2.29. The zero-order chi connectivity index (χ0) is 8.39. The Bertz CT molecular complexity index is 351. The lowest BCUT2D eigenvalue weighted by Crippen LogP contribution is -1.81. The van der Waals surface area contributed by atoms with Crippen molar-refractivity contribution in [3.63, 3.8) is 0 Å². The molecule has 2 nitrogen and oxygen atoms in total. The van der Waals surface area contributed by atoms with Crippen molar-refractivity contribution < 1.29 is 0 Å². The maximum absolute atomic E-state index is 4.25. The Hall–Kier alpha value is -1.44. The largest absolute Gasteiger partial charge is 0.241 e. The van der Waals surface area contributed by atoms with Gasteiger partial charge >= 0.3 is 0 Å². The van der Waals surface area contributed by atoms with Gasteiger partial charge in [-0.1, -0.05) is 6.08 Å². The number of hydrogen-bond donors (Lipinski definition) is 0. The predicted molar refractivity (Wildman–Crippen MR) is 50.7 cm³/mol. The summed E-state index contributed by atoms with van der Waals surface area (Å²) in [7, 11) is 0. The minimum Gasteiger partial charge on any atom is -0.241 e. The predicted octanol–water partition coefficient (Wildman–Crippen LogP) is 2.59. The van der Waals surface area contributed by atoms with E-state index in [9.17, 15) is 0 Å². The fraction of sp³-hybridized carbons (Fsp3) is 0.200. The quantitative estimate of drug-likeness (QED) is 0.569. The molecule has 0 N–H and O–H groups in total. The highest BCUT2D eigenvalue weighted by molar-refractivity contribution is 5.79. The Morgan fingerprint density at radius 1 is 1.42 bits per heavy atom. The molecule has 0 unspecified atom stereocenters. The highest BCUT2D eigenvalue weighted by Gasteiger charge is 2.04. The van der Waals surface area contributed by atoms with Crippen LogP contribution in [0.3, 0.4) is 0 Å². The molecule has 0 saturated heterocycles. The third kappa shape index (κ3) is 1.16. The second kappa shape index (κ2) is 2.89. The van der Waals surface area contributed by atoms with Gasteiger partial charge in [-0.2, -0.15) is 0 Å². The smallest absolute Gasteiger partial charge is 0.159 e. The number of pyridine rings is 1. The summed E-state index contributed by atoms with van der Waals surface area (Å²) in [4.78, 5) is 8.44. The first-order chi connectivity index (χ1) is 5.88. The van der Waals surface area contributed by atoms with Crippen LogP contribution in [0, 0.1) is 0 Å². The highest BCUT2D eigenvalue weighted by atomic mass is 14.9. The number of nitrogens with zero attached hydrogens (tertiary/aromatic N) is 2. The van der Waals surface area contributed by atoms with E-state index >= 15 is 0 Å². The first-order valence-electron chi connectivity index (χ1n) is 4.02. The number of hydrogen-bond acceptors (Lipinski definition) is 2. The Morgan fingerprint density at radius 2 is 2.33 bits per heavy atom. The second-order valence-electron chi connectivity index (χ2n) is 2.81. The van der Waals surface area contributed by atoms with Gasteiger partial charge in [0.25, 0.3) is 0 Å². The molecule has 0 aromatic carbocycles. The van der Waals surface area contributed by atoms with Gasteiger partial charge in [-0.25, -0.2) is 9.98 Å². The van der Waals surface area contributed by atoms with E-state index in [2.05, 4.69) is 29.0 Å². The maximum Gasteiger partial charge on any atom is 0.159 e. The van der Waals surface area contributed by atoms with Crippen LogP contribution in [0.25, 0.3) is 5.57 Å². The third-order valence-electron chi connectivity index (χ3n) is 1.95. The lowest BCUT2D eigenvalue weighted by Gasteiger charge is -2.01. The average molecular weight is 158 g/mol. The normalized spacial score (nSPS) is 14.9. The van der Waals surface area contributed by atoms with Crippen molar-refractivity contribution in [1.82, 2.24) is 4.98 Å². The van der Waals surface area contributed by atoms with Crippen LogP contribution in [0.2, 0.25) is 0 Å². The summed E-state index contributed by atoms with van der Waals surface area (Å²) in [5.74, 6) is 0.837. The van der Waals surface area contributed by atoms with Crippen LogP contribution in [0.1, 0.15) is 18.9 Å². The summed E-state index contributed by atoms with van der Waals surface area (Å²) in [5, 5.41) is 0. The molecule has 1 aromatic heterocycles. The molecule has 0 radical (unpaired) electrons. The van der Waals surface area contributed by atoms with Crippen molar-refractivity contribution in [3.8, 4) is 0 Å². The lowest BCUT2D eigenvalue weighted by atomic mass is 10.1. The first kappa shape index (κ1) is 7.22. The topological polar surface area (TPSA) is 25.2 Å². The molecule has 1 aromatic rings. The SMILES string of the molecule is CC1=CCC=Nc2ncccc21. The Balaban J connectivity index is 2.62. The molecule has 1 aliphatic rings. The van der Waals surface area contributed by atoms with Gasteiger partial charge in [0.1, 0.15) is 0 Å². The second-order valence-corrected chi connectivity index (χ2v) is 2.81. The van der Waals surface area contributed by atoms with E-state index in [1.807, 2.05) is 12.3 Å². The molecule has 0 amide bonds. The molecule has 0 fully saturated rings. The summed E-state index contributed by atoms with van der Waals surface area (Å²) in [6, 6.07) is 3.99. The minimum absolute atomic E-state index is 0.837. The van der Waals surface area contributed by atoms with Crippen LogP contribution < -0.4 is 0 Å². The van der Waals surface area contributed by atoms with Crippen molar-refractivity contribution in [2.75, 3.05) is 0 Å². The van der Waals surface area contributed by atoms with E-state index in [0.717, 1.165) is 17.8 Å². The summed E-state index contributed by atoms with van der Waals surface area (Å²) in [5.41, 5.74) is 2.40. The third-order valence-corrected chi connectivity index (χ3v) is 1.95. The van der Waals surface area contributed by atoms with E-state index in [0.29, 0.717) is 0 Å². The van der Waals surface area contributed by atoms with Crippen molar-refractivity contribution in [2.24, 2.45) is 4.99 Å². The van der Waals surface area contributed by atoms with Crippen LogP contribution >= 0.6 is 0 Å². The Labute approximate surface area is 71.7 Å². The molecule has 0 spiro atoms. The number of aromatic nitrogens is 1. The molecule has 2 heterocycles. The molecule has 0 atom stereocenters. The highest BCUT2D eigenvalue weighted by Crippen LogP contribution is 2.25. The minimum atomic E-state index is 0.837. The van der Waals surface area contributed by atoms with Crippen molar-refractivity contribution in [2.45, 2.75) is 13.3 Å². The van der Waals surface area contributed by atoms with Crippen molar-refractivity contribution in [1.29, 1.82) is 0 Å². The summed E-state index contributed by atoms with van der Waals surface area (Å²) in [6.07, 6.45) is 6.73. The van der Waals surface area contributed by atoms with Crippen molar-refractivity contribution >= 4 is 17.6 Å². The molecule has 60 valence electrons. The van der Waals surface area contributed by atoms with E-state index in [1.165, 1.54) is 5.57 Å². The summed E-state index contributed by atoms with van der Waals surface area (Å²) < 4.78 is 0. The fourth-order valence-corrected chi connectivity index (χ4v) is 1.29. The van der Waals surface area contributed by atoms with Gasteiger partial charge in [0.15, 0.2) is 5.82 Å². The van der Waals surface area contributed by atoms with E-state index in [1.54, 1.807) is 6.20 Å². The molecule has 2 rings (SSSR count). The zero-order valence-corrected chi connectivity index (χ0v) is 6.99. The molecule has 2 heteroatoms. The molecular formula is C10H10N2. The molecule has 1 aliphatic heterocycles. The Morgan fingerprint density at radius 3 is 3.25 bits per heavy atom. The molecule has 12 heavy (non-hydrogen) atoms. The molecule has 0 bridgehead atoms. The standard InChI is InChI=1S/C10H10N2/c1-8-4-2-6-11-10-9(8)5-3-7-12-10/h3-7H,2H2,1H3. The van der Waals surface area contributed by atoms with Crippen LogP contribution in [0.4, 0.5) is 5.82 Å². The van der Waals surface area contributed by atoms with Gasteiger partial charge in [-0.3, -0.25) is 0 Å². The monoisotopic (exact) mass is 158 g/mol. The van der Waals surface area contributed by atoms with Crippen LogP contribution in [0.5, 0.6) is 0 Å². The molecular weight excluding hydrogens is 148 g/mol. The lowest BCUT2D eigenvalue weighted by molar-refractivity contribution is 1.26. The van der Waals surface area contributed by atoms with E-state index < -0.39 is 0 Å². The van der Waals surface area contributed by atoms with Gasteiger partial charge < -0.3 is 0 Å². The maximum atomic E-state index is 4.25. The van der Waals surface area contributed by atoms with Gasteiger partial charge in [-0.15, -0.1) is 0 Å². The zero-order valence-electron chi connectivity index (χ0n) is 6.99. The molecule has 0 saturated carbocycles. The van der Waals surface area contributed by atoms with Gasteiger partial charge in [0, 0.05) is 24.4 Å². The number of rotatable bonds is 0. The van der Waals surface area contributed by atoms with Crippen LogP contribution in [-0.2, 0) is 0 Å². The number of fused-ring (bicyclic) bond motifs is 1. The number of aliphatic imine (C=N–C) groups is 1. The van der Waals surface area contributed by atoms with Crippen LogP contribution in [-0.4, -0.2) is 11.2 Å². The van der Waals surface area contributed by atoms with Crippen molar-refractivity contribution in [3.05, 3.63) is 30.0 Å². The van der Waals surface area contributed by atoms with Crippen LogP contribution in [0.15, 0.2) is 29.4 Å². The number of allylic oxidation sites excluding steroid dienone is 2. The first-order valence-corrected chi connectivity index (χ1v) is 4.02. The summed E-state index contributed by atoms with van der Waals surface area (Å²) in [6.45, 7) is 2.09. The van der Waals surface area contributed by atoms with E-state index in [4.69, 9.17) is 0 Å². The molecule has 0 aliphatic carbocycles. The van der Waals surface area contributed by atoms with Gasteiger partial charge in [0.2, 0.25) is 0 Å². The Kier molecular flexibility index (Phi) is 1.74. The fourth-order valence-electron chi connectivity index (χ4n) is 1.29. The van der Waals surface area contributed by atoms with E-state index in [-0.39, 0.29) is 0 Å². The van der Waals surface area contributed by atoms with Gasteiger partial charge in [-0.05, 0) is 24.6 Å². The van der Waals surface area contributed by atoms with Gasteiger partial charge in [0.05, 0.1) is 0 Å². The summed E-state index contributed by atoms with van der Waals surface area (Å²) >= 11 is 0.